The molecule has 4 nitrogen and oxygen atoms in total. The van der Waals surface area contributed by atoms with Crippen molar-refractivity contribution < 1.29 is 4.79 Å². The zero-order chi connectivity index (χ0) is 13.0. The molecule has 4 heteroatoms. The molecule has 2 rings (SSSR count). The summed E-state index contributed by atoms with van der Waals surface area (Å²) in [6, 6.07) is 0. The number of amides is 1. The molecule has 1 amide bonds. The van der Waals surface area contributed by atoms with Gasteiger partial charge in [0.05, 0.1) is 12.0 Å². The number of nitrogens with zero attached hydrogens (tertiary/aromatic N) is 2. The summed E-state index contributed by atoms with van der Waals surface area (Å²) in [6.07, 6.45) is 7.41. The number of hydrogen-bond acceptors (Lipinski definition) is 3. The summed E-state index contributed by atoms with van der Waals surface area (Å²) < 4.78 is 0. The molecular weight excluding hydrogens is 226 g/mol. The van der Waals surface area contributed by atoms with Crippen LogP contribution in [0.1, 0.15) is 19.8 Å². The number of rotatable bonds is 2. The van der Waals surface area contributed by atoms with E-state index < -0.39 is 0 Å². The topological polar surface area (TPSA) is 35.6 Å². The first-order chi connectivity index (χ1) is 8.65. The number of hydrogen-bond donors (Lipinski definition) is 1. The summed E-state index contributed by atoms with van der Waals surface area (Å²) in [5.41, 5.74) is -0.202. The van der Waals surface area contributed by atoms with Gasteiger partial charge in [-0.1, -0.05) is 5.92 Å². The molecule has 1 atom stereocenters. The van der Waals surface area contributed by atoms with Gasteiger partial charge in [-0.15, -0.1) is 6.42 Å². The van der Waals surface area contributed by atoms with Crippen molar-refractivity contribution in [3.63, 3.8) is 0 Å². The van der Waals surface area contributed by atoms with Gasteiger partial charge in [0.1, 0.15) is 0 Å². The van der Waals surface area contributed by atoms with Crippen LogP contribution < -0.4 is 5.32 Å². The summed E-state index contributed by atoms with van der Waals surface area (Å²) in [5.74, 6) is 2.98. The first-order valence-electron chi connectivity index (χ1n) is 6.82. The second-order valence-corrected chi connectivity index (χ2v) is 5.61. The SMILES string of the molecule is C#CCN1CCN(C(=O)C2(C)CCCNC2)CC1. The third-order valence-electron chi connectivity index (χ3n) is 4.09. The Morgan fingerprint density at radius 3 is 2.67 bits per heavy atom. The number of piperidine rings is 1. The van der Waals surface area contributed by atoms with Crippen LogP contribution in [0.2, 0.25) is 0 Å². The number of carbonyl (C=O) groups is 1. The molecule has 0 aromatic carbocycles. The molecule has 2 saturated heterocycles. The van der Waals surface area contributed by atoms with Crippen molar-refractivity contribution in [1.82, 2.24) is 15.1 Å². The second-order valence-electron chi connectivity index (χ2n) is 5.61. The molecule has 0 spiro atoms. The molecule has 0 bridgehead atoms. The van der Waals surface area contributed by atoms with E-state index >= 15 is 0 Å². The Bertz CT molecular complexity index is 333. The van der Waals surface area contributed by atoms with Crippen LogP contribution in [-0.2, 0) is 4.79 Å². The van der Waals surface area contributed by atoms with Gasteiger partial charge in [0.25, 0.3) is 0 Å². The zero-order valence-corrected chi connectivity index (χ0v) is 11.2. The first-order valence-corrected chi connectivity index (χ1v) is 6.82. The summed E-state index contributed by atoms with van der Waals surface area (Å²) in [4.78, 5) is 16.8. The third-order valence-corrected chi connectivity index (χ3v) is 4.09. The Hall–Kier alpha value is -1.05. The van der Waals surface area contributed by atoms with Crippen molar-refractivity contribution in [1.29, 1.82) is 0 Å². The summed E-state index contributed by atoms with van der Waals surface area (Å²) in [6.45, 7) is 8.08. The van der Waals surface area contributed by atoms with Crippen molar-refractivity contribution in [2.75, 3.05) is 45.8 Å². The van der Waals surface area contributed by atoms with E-state index in [1.54, 1.807) is 0 Å². The molecule has 2 heterocycles. The summed E-state index contributed by atoms with van der Waals surface area (Å²) >= 11 is 0. The highest BCUT2D eigenvalue weighted by Crippen LogP contribution is 2.28. The standard InChI is InChI=1S/C14H23N3O/c1-3-7-16-8-10-17(11-9-16)13(18)14(2)5-4-6-15-12-14/h1,15H,4-12H2,2H3. The lowest BCUT2D eigenvalue weighted by atomic mass is 9.81. The van der Waals surface area contributed by atoms with Crippen LogP contribution >= 0.6 is 0 Å². The maximum atomic E-state index is 12.6. The van der Waals surface area contributed by atoms with Gasteiger partial charge in [0.2, 0.25) is 5.91 Å². The van der Waals surface area contributed by atoms with Gasteiger partial charge in [0, 0.05) is 32.7 Å². The second kappa shape index (κ2) is 5.73. The van der Waals surface area contributed by atoms with E-state index in [0.717, 1.165) is 52.1 Å². The predicted molar refractivity (Wildman–Crippen MR) is 72.1 cm³/mol. The Balaban J connectivity index is 1.89. The maximum Gasteiger partial charge on any atom is 0.229 e. The van der Waals surface area contributed by atoms with Gasteiger partial charge < -0.3 is 10.2 Å². The summed E-state index contributed by atoms with van der Waals surface area (Å²) in [5, 5.41) is 3.34. The van der Waals surface area contributed by atoms with Crippen LogP contribution in [0, 0.1) is 17.8 Å². The fraction of sp³-hybridized carbons (Fsp3) is 0.786. The lowest BCUT2D eigenvalue weighted by molar-refractivity contribution is -0.144. The van der Waals surface area contributed by atoms with Gasteiger partial charge in [-0.25, -0.2) is 0 Å². The molecule has 0 radical (unpaired) electrons. The minimum atomic E-state index is -0.202. The number of nitrogens with one attached hydrogen (secondary N) is 1. The number of carbonyl (C=O) groups excluding carboxylic acids is 1. The normalized spacial score (nSPS) is 29.9. The molecule has 2 fully saturated rings. The molecule has 1 N–H and O–H groups in total. The lowest BCUT2D eigenvalue weighted by Gasteiger charge is -2.41. The van der Waals surface area contributed by atoms with E-state index in [4.69, 9.17) is 6.42 Å². The number of piperazine rings is 1. The van der Waals surface area contributed by atoms with Crippen molar-refractivity contribution in [3.05, 3.63) is 0 Å². The van der Waals surface area contributed by atoms with E-state index in [-0.39, 0.29) is 5.41 Å². The van der Waals surface area contributed by atoms with E-state index in [0.29, 0.717) is 12.5 Å². The van der Waals surface area contributed by atoms with E-state index in [2.05, 4.69) is 23.1 Å². The van der Waals surface area contributed by atoms with Crippen LogP contribution in [-0.4, -0.2) is 61.5 Å². The van der Waals surface area contributed by atoms with Gasteiger partial charge in [-0.05, 0) is 26.3 Å². The van der Waals surface area contributed by atoms with Gasteiger partial charge in [-0.3, -0.25) is 9.69 Å². The molecule has 2 aliphatic rings. The van der Waals surface area contributed by atoms with Crippen LogP contribution in [0.4, 0.5) is 0 Å². The molecule has 0 saturated carbocycles. The molecule has 1 unspecified atom stereocenters. The first kappa shape index (κ1) is 13.4. The highest BCUT2D eigenvalue weighted by atomic mass is 16.2. The smallest absolute Gasteiger partial charge is 0.229 e. The quantitative estimate of drug-likeness (QED) is 0.708. The molecule has 18 heavy (non-hydrogen) atoms. The fourth-order valence-corrected chi connectivity index (χ4v) is 2.86. The highest BCUT2D eigenvalue weighted by molar-refractivity contribution is 5.82. The van der Waals surface area contributed by atoms with Crippen molar-refractivity contribution >= 4 is 5.91 Å². The van der Waals surface area contributed by atoms with Crippen LogP contribution in [0.5, 0.6) is 0 Å². The predicted octanol–water partition coefficient (Wildman–Crippen LogP) is 0.154. The van der Waals surface area contributed by atoms with Crippen molar-refractivity contribution in [2.45, 2.75) is 19.8 Å². The zero-order valence-electron chi connectivity index (χ0n) is 11.2. The van der Waals surface area contributed by atoms with Crippen molar-refractivity contribution in [3.8, 4) is 12.3 Å². The molecule has 0 aromatic rings. The van der Waals surface area contributed by atoms with Crippen molar-refractivity contribution in [2.24, 2.45) is 5.41 Å². The van der Waals surface area contributed by atoms with Crippen LogP contribution in [0.15, 0.2) is 0 Å². The van der Waals surface area contributed by atoms with E-state index in [1.165, 1.54) is 0 Å². The Morgan fingerprint density at radius 1 is 1.39 bits per heavy atom. The monoisotopic (exact) mass is 249 g/mol. The average Bonchev–Trinajstić information content (AvgIpc) is 2.40. The van der Waals surface area contributed by atoms with Gasteiger partial charge >= 0.3 is 0 Å². The lowest BCUT2D eigenvalue weighted by Crippen LogP contribution is -2.55. The Labute approximate surface area is 110 Å². The number of terminal acetylenes is 1. The van der Waals surface area contributed by atoms with E-state index in [9.17, 15) is 4.79 Å². The van der Waals surface area contributed by atoms with Gasteiger partial charge in [0.15, 0.2) is 0 Å². The molecule has 2 aliphatic heterocycles. The largest absolute Gasteiger partial charge is 0.340 e. The van der Waals surface area contributed by atoms with Gasteiger partial charge in [-0.2, -0.15) is 0 Å². The molecular formula is C14H23N3O. The van der Waals surface area contributed by atoms with Crippen LogP contribution in [0.25, 0.3) is 0 Å². The minimum Gasteiger partial charge on any atom is -0.340 e. The molecule has 0 aromatic heterocycles. The Morgan fingerprint density at radius 2 is 2.11 bits per heavy atom. The summed E-state index contributed by atoms with van der Waals surface area (Å²) in [7, 11) is 0. The average molecular weight is 249 g/mol. The fourth-order valence-electron chi connectivity index (χ4n) is 2.86. The van der Waals surface area contributed by atoms with E-state index in [1.807, 2.05) is 4.90 Å². The highest BCUT2D eigenvalue weighted by Gasteiger charge is 2.38. The minimum absolute atomic E-state index is 0.202. The maximum absolute atomic E-state index is 12.6. The molecule has 100 valence electrons. The molecule has 0 aliphatic carbocycles. The van der Waals surface area contributed by atoms with Crippen LogP contribution in [0.3, 0.4) is 0 Å². The third kappa shape index (κ3) is 2.85. The Kier molecular flexibility index (Phi) is 4.26.